The van der Waals surface area contributed by atoms with Gasteiger partial charge in [-0.1, -0.05) is 12.1 Å². The lowest BCUT2D eigenvalue weighted by Crippen LogP contribution is -2.59. The quantitative estimate of drug-likeness (QED) is 0.443. The highest BCUT2D eigenvalue weighted by Gasteiger charge is 2.39. The Balaban J connectivity index is 1.63. The molecule has 1 saturated heterocycles. The smallest absolute Gasteiger partial charge is 0.416 e. The van der Waals surface area contributed by atoms with Crippen LogP contribution in [0, 0.1) is 5.82 Å². The lowest BCUT2D eigenvalue weighted by atomic mass is 10.0. The van der Waals surface area contributed by atoms with Gasteiger partial charge in [0.1, 0.15) is 11.6 Å². The summed E-state index contributed by atoms with van der Waals surface area (Å²) in [5, 5.41) is 3.19. The van der Waals surface area contributed by atoms with Crippen LogP contribution >= 0.6 is 0 Å². The van der Waals surface area contributed by atoms with Crippen LogP contribution in [0.1, 0.15) is 5.56 Å². The molecule has 2 aliphatic heterocycles. The Morgan fingerprint density at radius 1 is 0.974 bits per heavy atom. The van der Waals surface area contributed by atoms with Crippen molar-refractivity contribution in [2.24, 2.45) is 0 Å². The first-order valence-corrected chi connectivity index (χ1v) is 12.9. The molecule has 2 heterocycles. The topological polar surface area (TPSA) is 61.9 Å². The van der Waals surface area contributed by atoms with E-state index in [1.165, 1.54) is 12.1 Å². The molecular formula is C25H21F6N3O3S. The molecule has 202 valence electrons. The number of nitrogens with one attached hydrogen (secondary N) is 1. The van der Waals surface area contributed by atoms with Crippen LogP contribution in [-0.2, 0) is 16.2 Å². The molecule has 1 unspecified atom stereocenters. The molecule has 13 heteroatoms. The van der Waals surface area contributed by atoms with E-state index < -0.39 is 44.8 Å². The third kappa shape index (κ3) is 4.99. The molecule has 0 amide bonds. The van der Waals surface area contributed by atoms with Gasteiger partial charge < -0.3 is 15.0 Å². The van der Waals surface area contributed by atoms with E-state index in [1.54, 1.807) is 12.1 Å². The van der Waals surface area contributed by atoms with E-state index in [9.17, 15) is 34.8 Å². The summed E-state index contributed by atoms with van der Waals surface area (Å²) in [5.74, 6) is -1.25. The number of piperazine rings is 1. The first-order chi connectivity index (χ1) is 17.9. The van der Waals surface area contributed by atoms with Crippen molar-refractivity contribution < 1.29 is 39.5 Å². The van der Waals surface area contributed by atoms with Gasteiger partial charge in [-0.25, -0.2) is 12.8 Å². The number of halogens is 6. The summed E-state index contributed by atoms with van der Waals surface area (Å²) >= 11 is 0. The number of nitrogens with zero attached hydrogens (tertiary/aromatic N) is 2. The summed E-state index contributed by atoms with van der Waals surface area (Å²) in [6, 6.07) is 11.0. The molecule has 0 bridgehead atoms. The zero-order chi connectivity index (χ0) is 27.2. The Kier molecular flexibility index (Phi) is 6.68. The molecular weight excluding hydrogens is 536 g/mol. The first-order valence-electron chi connectivity index (χ1n) is 11.5. The van der Waals surface area contributed by atoms with Crippen molar-refractivity contribution in [3.63, 3.8) is 0 Å². The van der Waals surface area contributed by atoms with Gasteiger partial charge in [0.05, 0.1) is 34.4 Å². The maximum Gasteiger partial charge on any atom is 0.416 e. The molecule has 6 nitrogen and oxygen atoms in total. The van der Waals surface area contributed by atoms with E-state index >= 15 is 0 Å². The number of anilines is 2. The van der Waals surface area contributed by atoms with Gasteiger partial charge >= 0.3 is 12.8 Å². The molecule has 3 aromatic rings. The maximum absolute atomic E-state index is 14.2. The lowest BCUT2D eigenvalue weighted by molar-refractivity contribution is -0.137. The second-order valence-electron chi connectivity index (χ2n) is 8.87. The molecule has 0 saturated carbocycles. The molecule has 38 heavy (non-hydrogen) atoms. The van der Waals surface area contributed by atoms with Gasteiger partial charge in [0.15, 0.2) is 0 Å². The maximum atomic E-state index is 14.2. The summed E-state index contributed by atoms with van der Waals surface area (Å²) in [6.07, 6.45) is -4.74. The van der Waals surface area contributed by atoms with Gasteiger partial charge in [-0.05, 0) is 53.6 Å². The van der Waals surface area contributed by atoms with Crippen molar-refractivity contribution in [2.75, 3.05) is 35.4 Å². The normalized spacial score (nSPS) is 17.8. The van der Waals surface area contributed by atoms with E-state index in [0.717, 1.165) is 34.6 Å². The fraction of sp³-hybridized carbons (Fsp3) is 0.280. The molecule has 1 atom stereocenters. The number of fused-ring (bicyclic) bond motifs is 3. The predicted molar refractivity (Wildman–Crippen MR) is 128 cm³/mol. The number of benzene rings is 3. The largest absolute Gasteiger partial charge is 0.435 e. The number of hydrogen-bond acceptors (Lipinski definition) is 5. The number of ether oxygens (including phenoxy) is 1. The lowest BCUT2D eigenvalue weighted by Gasteiger charge is -2.46. The third-order valence-corrected chi connectivity index (χ3v) is 8.24. The van der Waals surface area contributed by atoms with Crippen LogP contribution in [0.5, 0.6) is 5.75 Å². The summed E-state index contributed by atoms with van der Waals surface area (Å²) in [5.41, 5.74) is 0.0699. The van der Waals surface area contributed by atoms with Gasteiger partial charge in [0, 0.05) is 25.7 Å². The van der Waals surface area contributed by atoms with Crippen molar-refractivity contribution in [1.82, 2.24) is 5.32 Å². The van der Waals surface area contributed by atoms with Crippen LogP contribution in [-0.4, -0.2) is 47.3 Å². The average Bonchev–Trinajstić information content (AvgIpc) is 2.86. The molecule has 0 aliphatic carbocycles. The van der Waals surface area contributed by atoms with Crippen molar-refractivity contribution in [3.05, 3.63) is 72.0 Å². The minimum atomic E-state index is -4.74. The van der Waals surface area contributed by atoms with Gasteiger partial charge in [0.25, 0.3) is 10.0 Å². The highest BCUT2D eigenvalue weighted by atomic mass is 32.2. The second kappa shape index (κ2) is 9.70. The fourth-order valence-corrected chi connectivity index (χ4v) is 6.32. The number of alkyl halides is 5. The summed E-state index contributed by atoms with van der Waals surface area (Å²) < 4.78 is 112. The predicted octanol–water partition coefficient (Wildman–Crippen LogP) is 5.10. The Hall–Kier alpha value is -3.45. The van der Waals surface area contributed by atoms with Crippen molar-refractivity contribution in [3.8, 4) is 16.9 Å². The molecule has 5 rings (SSSR count). The minimum Gasteiger partial charge on any atom is -0.435 e. The Bertz CT molecular complexity index is 1460. The van der Waals surface area contributed by atoms with E-state index in [0.29, 0.717) is 37.0 Å². The molecule has 1 fully saturated rings. The van der Waals surface area contributed by atoms with Crippen molar-refractivity contribution >= 4 is 21.4 Å². The third-order valence-electron chi connectivity index (χ3n) is 6.46. The van der Waals surface area contributed by atoms with Crippen LogP contribution in [0.3, 0.4) is 0 Å². The molecule has 0 aromatic heterocycles. The fourth-order valence-electron chi connectivity index (χ4n) is 4.76. The van der Waals surface area contributed by atoms with Gasteiger partial charge in [-0.15, -0.1) is 0 Å². The van der Waals surface area contributed by atoms with E-state index in [1.807, 2.05) is 4.90 Å². The molecule has 2 aliphatic rings. The Morgan fingerprint density at radius 3 is 2.50 bits per heavy atom. The SMILES string of the molecule is O=S(=O)(c1cccc(C(F)(F)F)c1)N1CC2CNCCN2c2ccc(-c3cc(F)cc(OC(F)F)c3)cc21. The Labute approximate surface area is 214 Å². The van der Waals surface area contributed by atoms with Crippen LogP contribution < -0.4 is 19.3 Å². The standard InChI is InChI=1S/C25H21F6N3O3S/c26-18-8-16(9-20(12-18)37-24(27)28)15-4-5-22-23(10-15)34(14-19-13-32-6-7-33(19)22)38(35,36)21-3-1-2-17(11-21)25(29,30)31/h1-5,8-12,19,24,32H,6-7,13-14H2. The van der Waals surface area contributed by atoms with Crippen molar-refractivity contribution in [1.29, 1.82) is 0 Å². The zero-order valence-corrected chi connectivity index (χ0v) is 20.4. The highest BCUT2D eigenvalue weighted by molar-refractivity contribution is 7.92. The van der Waals surface area contributed by atoms with Crippen LogP contribution in [0.15, 0.2) is 65.6 Å². The molecule has 0 radical (unpaired) electrons. The van der Waals surface area contributed by atoms with E-state index in [4.69, 9.17) is 0 Å². The molecule has 3 aromatic carbocycles. The van der Waals surface area contributed by atoms with Crippen molar-refractivity contribution in [2.45, 2.75) is 23.7 Å². The van der Waals surface area contributed by atoms with Gasteiger partial charge in [0.2, 0.25) is 0 Å². The van der Waals surface area contributed by atoms with Crippen LogP contribution in [0.4, 0.5) is 37.7 Å². The van der Waals surface area contributed by atoms with Gasteiger partial charge in [-0.2, -0.15) is 22.0 Å². The second-order valence-corrected chi connectivity index (χ2v) is 10.7. The monoisotopic (exact) mass is 557 g/mol. The minimum absolute atomic E-state index is 0.0507. The first kappa shape index (κ1) is 26.2. The van der Waals surface area contributed by atoms with Gasteiger partial charge in [-0.3, -0.25) is 4.31 Å². The average molecular weight is 558 g/mol. The Morgan fingerprint density at radius 2 is 1.76 bits per heavy atom. The highest BCUT2D eigenvalue weighted by Crippen LogP contribution is 2.42. The van der Waals surface area contributed by atoms with E-state index in [2.05, 4.69) is 10.1 Å². The van der Waals surface area contributed by atoms with E-state index in [-0.39, 0.29) is 23.8 Å². The number of sulfonamides is 1. The summed E-state index contributed by atoms with van der Waals surface area (Å²) in [4.78, 5) is 1.48. The zero-order valence-electron chi connectivity index (χ0n) is 19.6. The van der Waals surface area contributed by atoms with Crippen LogP contribution in [0.2, 0.25) is 0 Å². The summed E-state index contributed by atoms with van der Waals surface area (Å²) in [6.45, 7) is -1.58. The summed E-state index contributed by atoms with van der Waals surface area (Å²) in [7, 11) is -4.46. The molecule has 0 spiro atoms. The van der Waals surface area contributed by atoms with Crippen LogP contribution in [0.25, 0.3) is 11.1 Å². The molecule has 1 N–H and O–H groups in total. The number of rotatable bonds is 5. The number of hydrogen-bond donors (Lipinski definition) is 1.